The lowest BCUT2D eigenvalue weighted by Gasteiger charge is -2.42. The van der Waals surface area contributed by atoms with Crippen molar-refractivity contribution in [1.82, 2.24) is 9.80 Å². The smallest absolute Gasteiger partial charge is 0.444 e. The molecule has 1 amide bonds. The second kappa shape index (κ2) is 11.2. The van der Waals surface area contributed by atoms with Gasteiger partial charge in [-0.3, -0.25) is 4.90 Å². The van der Waals surface area contributed by atoms with Gasteiger partial charge in [-0.2, -0.15) is 13.2 Å². The summed E-state index contributed by atoms with van der Waals surface area (Å²) in [7, 11) is -10.2. The highest BCUT2D eigenvalue weighted by Gasteiger charge is 2.48. The number of carbonyl (C=O) groups is 1. The third-order valence-corrected chi connectivity index (χ3v) is 9.19. The van der Waals surface area contributed by atoms with Gasteiger partial charge in [0.1, 0.15) is 10.5 Å². The molecule has 1 aromatic carbocycles. The second-order valence-electron chi connectivity index (χ2n) is 10.7. The molecule has 216 valence electrons. The van der Waals surface area contributed by atoms with E-state index in [0.29, 0.717) is 25.2 Å². The van der Waals surface area contributed by atoms with E-state index in [9.17, 15) is 34.8 Å². The Morgan fingerprint density at radius 3 is 2.11 bits per heavy atom. The fraction of sp³-hybridized carbons (Fsp3) is 0.696. The molecule has 0 aromatic heterocycles. The Morgan fingerprint density at radius 2 is 1.61 bits per heavy atom. The van der Waals surface area contributed by atoms with E-state index < -0.39 is 40.8 Å². The first-order valence-corrected chi connectivity index (χ1v) is 15.4. The molecule has 3 N–H and O–H groups in total. The van der Waals surface area contributed by atoms with Crippen LogP contribution in [0.2, 0.25) is 0 Å². The summed E-state index contributed by atoms with van der Waals surface area (Å²) >= 11 is 0. The summed E-state index contributed by atoms with van der Waals surface area (Å²) < 4.78 is 92.6. The van der Waals surface area contributed by atoms with Gasteiger partial charge in [-0.25, -0.2) is 26.8 Å². The highest BCUT2D eigenvalue weighted by Crippen LogP contribution is 2.36. The van der Waals surface area contributed by atoms with Crippen LogP contribution >= 0.6 is 0 Å². The Hall–Kier alpha value is -2.10. The van der Waals surface area contributed by atoms with Gasteiger partial charge in [0.15, 0.2) is 0 Å². The molecule has 0 bridgehead atoms. The van der Waals surface area contributed by atoms with Crippen LogP contribution < -0.4 is 10.5 Å². The minimum Gasteiger partial charge on any atom is -0.444 e. The summed E-state index contributed by atoms with van der Waals surface area (Å²) in [5.41, 5.74) is -6.48. The van der Waals surface area contributed by atoms with E-state index in [4.69, 9.17) is 9.88 Å². The number of carbonyl (C=O) groups excluding carboxylic acids is 1. The van der Waals surface area contributed by atoms with Gasteiger partial charge in [0.05, 0.1) is 10.6 Å². The summed E-state index contributed by atoms with van der Waals surface area (Å²) in [5.74, 6) is 0.0914. The van der Waals surface area contributed by atoms with Gasteiger partial charge in [-0.15, -0.1) is 0 Å². The van der Waals surface area contributed by atoms with Crippen LogP contribution in [0.5, 0.6) is 0 Å². The van der Waals surface area contributed by atoms with E-state index >= 15 is 0 Å². The van der Waals surface area contributed by atoms with Crippen molar-refractivity contribution in [2.45, 2.75) is 73.4 Å². The van der Waals surface area contributed by atoms with Crippen LogP contribution in [0.4, 0.5) is 23.7 Å². The number of benzene rings is 1. The Kier molecular flexibility index (Phi) is 8.95. The first-order chi connectivity index (χ1) is 17.4. The molecule has 2 aliphatic rings. The van der Waals surface area contributed by atoms with Gasteiger partial charge < -0.3 is 15.0 Å². The van der Waals surface area contributed by atoms with E-state index in [1.54, 1.807) is 4.90 Å². The van der Waals surface area contributed by atoms with E-state index in [0.717, 1.165) is 50.9 Å². The van der Waals surface area contributed by atoms with Crippen molar-refractivity contribution < 1.29 is 39.5 Å². The van der Waals surface area contributed by atoms with Crippen LogP contribution in [0.3, 0.4) is 0 Å². The number of nitrogens with two attached hydrogens (primary N) is 1. The Morgan fingerprint density at radius 1 is 1.03 bits per heavy atom. The number of ether oxygens (including phenoxy) is 1. The molecule has 0 atom stereocenters. The van der Waals surface area contributed by atoms with Crippen LogP contribution in [0.25, 0.3) is 0 Å². The third-order valence-electron chi connectivity index (χ3n) is 6.76. The molecule has 2 fully saturated rings. The molecule has 15 heteroatoms. The lowest BCUT2D eigenvalue weighted by Crippen LogP contribution is -2.53. The molecule has 1 aliphatic carbocycles. The lowest BCUT2D eigenvalue weighted by atomic mass is 9.85. The van der Waals surface area contributed by atoms with Crippen molar-refractivity contribution in [3.8, 4) is 0 Å². The molecule has 1 saturated carbocycles. The van der Waals surface area contributed by atoms with Gasteiger partial charge in [-0.1, -0.05) is 0 Å². The number of amides is 1. The number of alkyl halides is 3. The summed E-state index contributed by atoms with van der Waals surface area (Å²) in [4.78, 5) is 14.4. The maximum atomic E-state index is 13.3. The summed E-state index contributed by atoms with van der Waals surface area (Å²) in [6.07, 6.45) is 2.95. The van der Waals surface area contributed by atoms with Gasteiger partial charge in [0.2, 0.25) is 10.0 Å². The number of hydrogen-bond acceptors (Lipinski definition) is 8. The number of rotatable bonds is 6. The van der Waals surface area contributed by atoms with Gasteiger partial charge in [0.25, 0.3) is 9.84 Å². The zero-order valence-corrected chi connectivity index (χ0v) is 23.3. The summed E-state index contributed by atoms with van der Waals surface area (Å²) in [6, 6.07) is 2.73. The maximum absolute atomic E-state index is 13.3. The summed E-state index contributed by atoms with van der Waals surface area (Å²) in [5, 5.41) is 7.77. The van der Waals surface area contributed by atoms with Gasteiger partial charge >= 0.3 is 11.6 Å². The molecule has 0 unspecified atom stereocenters. The average molecular weight is 585 g/mol. The number of hydrogen-bond donors (Lipinski definition) is 2. The summed E-state index contributed by atoms with van der Waals surface area (Å²) in [6.45, 7) is 8.29. The van der Waals surface area contributed by atoms with Crippen molar-refractivity contribution in [1.29, 1.82) is 0 Å². The average Bonchev–Trinajstić information content (AvgIpc) is 2.80. The van der Waals surface area contributed by atoms with Crippen LogP contribution in [0.15, 0.2) is 28.0 Å². The van der Waals surface area contributed by atoms with Crippen LogP contribution in [0.1, 0.15) is 46.5 Å². The number of anilines is 1. The molecule has 0 spiro atoms. The van der Waals surface area contributed by atoms with Gasteiger partial charge in [0, 0.05) is 38.8 Å². The minimum absolute atomic E-state index is 0.0914. The number of nitrogens with zero attached hydrogens (tertiary/aromatic N) is 2. The fourth-order valence-electron chi connectivity index (χ4n) is 4.74. The molecule has 10 nitrogen and oxygen atoms in total. The highest BCUT2D eigenvalue weighted by molar-refractivity contribution is 7.92. The van der Waals surface area contributed by atoms with E-state index in [-0.39, 0.29) is 24.2 Å². The Bertz CT molecular complexity index is 1220. The molecule has 0 radical (unpaired) electrons. The van der Waals surface area contributed by atoms with Crippen molar-refractivity contribution in [3.05, 3.63) is 18.2 Å². The largest absolute Gasteiger partial charge is 0.501 e. The molecule has 1 aliphatic heterocycles. The molecule has 1 saturated heterocycles. The Labute approximate surface area is 221 Å². The zero-order valence-electron chi connectivity index (χ0n) is 21.6. The lowest BCUT2D eigenvalue weighted by molar-refractivity contribution is -0.0435. The van der Waals surface area contributed by atoms with Crippen molar-refractivity contribution >= 4 is 31.6 Å². The molecular weight excluding hydrogens is 549 g/mol. The number of sulfone groups is 1. The van der Waals surface area contributed by atoms with Crippen LogP contribution in [-0.4, -0.2) is 82.6 Å². The molecular formula is C23H35F3N4O6S2. The highest BCUT2D eigenvalue weighted by atomic mass is 32.2. The third kappa shape index (κ3) is 7.51. The number of halogens is 3. The predicted molar refractivity (Wildman–Crippen MR) is 135 cm³/mol. The monoisotopic (exact) mass is 584 g/mol. The van der Waals surface area contributed by atoms with Crippen molar-refractivity contribution in [3.63, 3.8) is 0 Å². The Balaban J connectivity index is 1.57. The first-order valence-electron chi connectivity index (χ1n) is 12.3. The number of sulfonamides is 1. The maximum Gasteiger partial charge on any atom is 0.501 e. The van der Waals surface area contributed by atoms with Crippen molar-refractivity contribution in [2.24, 2.45) is 11.1 Å². The number of primary sulfonamides is 1. The van der Waals surface area contributed by atoms with E-state index in [2.05, 4.69) is 10.2 Å². The fourth-order valence-corrected chi connectivity index (χ4v) is 6.31. The molecule has 38 heavy (non-hydrogen) atoms. The van der Waals surface area contributed by atoms with Crippen molar-refractivity contribution in [2.75, 3.05) is 38.0 Å². The quantitative estimate of drug-likeness (QED) is 0.520. The SMILES string of the molecule is CC(C)(C)OC(=O)N1CCN(C2CCC(CNc3ccc(S(N)(=O)=O)cc3S(=O)(=O)C(F)(F)F)CC2)CC1. The molecule has 1 heterocycles. The van der Waals surface area contributed by atoms with Gasteiger partial charge in [-0.05, 0) is 70.6 Å². The first kappa shape index (κ1) is 30.4. The second-order valence-corrected chi connectivity index (χ2v) is 14.2. The molecule has 3 rings (SSSR count). The topological polar surface area (TPSA) is 139 Å². The number of piperazine rings is 1. The molecule has 1 aromatic rings. The minimum atomic E-state index is -5.81. The van der Waals surface area contributed by atoms with Crippen LogP contribution in [0, 0.1) is 5.92 Å². The number of nitrogens with one attached hydrogen (secondary N) is 1. The van der Waals surface area contributed by atoms with E-state index in [1.165, 1.54) is 0 Å². The predicted octanol–water partition coefficient (Wildman–Crippen LogP) is 3.15. The standard InChI is InChI=1S/C23H35F3N4O6S2/c1-22(2,3)36-21(31)30-12-10-29(11-13-30)17-6-4-16(5-7-17)15-28-19-9-8-18(38(27,34)35)14-20(19)37(32,33)23(24,25)26/h8-9,14,16-17,28H,4-7,10-13,15H2,1-3H3,(H2,27,34,35). The zero-order chi connectivity index (χ0) is 28.5. The van der Waals surface area contributed by atoms with E-state index in [1.807, 2.05) is 20.8 Å². The normalized spacial score (nSPS) is 22.2. The van der Waals surface area contributed by atoms with Crippen LogP contribution in [-0.2, 0) is 24.6 Å².